The number of aryl methyl sites for hydroxylation is 1. The molecule has 1 atom stereocenters. The van der Waals surface area contributed by atoms with Crippen LogP contribution in [0, 0.1) is 6.92 Å². The van der Waals surface area contributed by atoms with Gasteiger partial charge in [0, 0.05) is 13.1 Å². The van der Waals surface area contributed by atoms with E-state index in [1.807, 2.05) is 38.1 Å². The summed E-state index contributed by atoms with van der Waals surface area (Å²) < 4.78 is 34.7. The highest BCUT2D eigenvalue weighted by Gasteiger charge is 2.33. The minimum absolute atomic E-state index is 0.0462. The van der Waals surface area contributed by atoms with E-state index in [0.717, 1.165) is 28.3 Å². The molecule has 0 aliphatic heterocycles. The Morgan fingerprint density at radius 2 is 1.57 bits per heavy atom. The smallest absolute Gasteiger partial charge is 0.264 e. The van der Waals surface area contributed by atoms with Gasteiger partial charge in [-0.2, -0.15) is 0 Å². The number of hydrogen-bond donors (Lipinski definition) is 1. The summed E-state index contributed by atoms with van der Waals surface area (Å²) in [6.45, 7) is 7.91. The first-order chi connectivity index (χ1) is 19.2. The highest BCUT2D eigenvalue weighted by molar-refractivity contribution is 7.92. The molecule has 0 radical (unpaired) electrons. The van der Waals surface area contributed by atoms with Gasteiger partial charge in [0.05, 0.1) is 17.2 Å². The topological polar surface area (TPSA) is 96.0 Å². The normalized spacial score (nSPS) is 11.9. The molecule has 0 aliphatic carbocycles. The van der Waals surface area contributed by atoms with Crippen molar-refractivity contribution in [3.63, 3.8) is 0 Å². The lowest BCUT2D eigenvalue weighted by atomic mass is 10.1. The summed E-state index contributed by atoms with van der Waals surface area (Å²) in [5.41, 5.74) is 2.09. The van der Waals surface area contributed by atoms with Gasteiger partial charge in [0.25, 0.3) is 10.0 Å². The number of carbonyl (C=O) groups excluding carboxylic acids is 2. The minimum atomic E-state index is -4.16. The molecule has 40 heavy (non-hydrogen) atoms. The average Bonchev–Trinajstić information content (AvgIpc) is 2.96. The van der Waals surface area contributed by atoms with Gasteiger partial charge in [-0.1, -0.05) is 67.9 Å². The lowest BCUT2D eigenvalue weighted by molar-refractivity contribution is -0.139. The van der Waals surface area contributed by atoms with E-state index in [1.54, 1.807) is 56.3 Å². The average molecular weight is 566 g/mol. The molecule has 214 valence electrons. The summed E-state index contributed by atoms with van der Waals surface area (Å²) in [4.78, 5) is 28.7. The van der Waals surface area contributed by atoms with Crippen LogP contribution in [0.2, 0.25) is 0 Å². The second-order valence-electron chi connectivity index (χ2n) is 9.49. The summed E-state index contributed by atoms with van der Waals surface area (Å²) in [5, 5.41) is 2.90. The molecule has 9 heteroatoms. The molecule has 0 bridgehead atoms. The number of benzene rings is 3. The number of carbonyl (C=O) groups is 2. The van der Waals surface area contributed by atoms with E-state index in [4.69, 9.17) is 4.74 Å². The van der Waals surface area contributed by atoms with Crippen LogP contribution < -0.4 is 14.4 Å². The van der Waals surface area contributed by atoms with Crippen LogP contribution in [-0.4, -0.2) is 50.9 Å². The van der Waals surface area contributed by atoms with Crippen molar-refractivity contribution in [1.82, 2.24) is 10.2 Å². The molecular formula is C31H39N3O5S. The molecule has 0 fully saturated rings. The van der Waals surface area contributed by atoms with Crippen LogP contribution in [0.5, 0.6) is 5.75 Å². The molecule has 3 aromatic rings. The summed E-state index contributed by atoms with van der Waals surface area (Å²) >= 11 is 0. The molecule has 1 N–H and O–H groups in total. The van der Waals surface area contributed by atoms with E-state index < -0.39 is 28.5 Å². The largest absolute Gasteiger partial charge is 0.492 e. The Labute approximate surface area is 238 Å². The van der Waals surface area contributed by atoms with Crippen LogP contribution in [0.3, 0.4) is 0 Å². The van der Waals surface area contributed by atoms with Gasteiger partial charge in [-0.15, -0.1) is 0 Å². The molecule has 0 saturated carbocycles. The molecule has 0 spiro atoms. The van der Waals surface area contributed by atoms with Gasteiger partial charge in [-0.3, -0.25) is 13.9 Å². The second kappa shape index (κ2) is 14.5. The zero-order valence-electron chi connectivity index (χ0n) is 23.7. The third-order valence-corrected chi connectivity index (χ3v) is 8.42. The zero-order valence-corrected chi connectivity index (χ0v) is 24.5. The number of hydrogen-bond acceptors (Lipinski definition) is 5. The number of nitrogens with one attached hydrogen (secondary N) is 1. The first-order valence-electron chi connectivity index (χ1n) is 13.6. The van der Waals surface area contributed by atoms with E-state index in [-0.39, 0.29) is 23.0 Å². The maximum atomic E-state index is 14.1. The molecule has 3 aromatic carbocycles. The molecule has 0 aliphatic rings. The van der Waals surface area contributed by atoms with E-state index in [2.05, 4.69) is 5.32 Å². The number of sulfonamides is 1. The quantitative estimate of drug-likeness (QED) is 0.280. The maximum Gasteiger partial charge on any atom is 0.264 e. The molecule has 0 aromatic heterocycles. The van der Waals surface area contributed by atoms with Crippen LogP contribution in [0.15, 0.2) is 83.8 Å². The van der Waals surface area contributed by atoms with Crippen LogP contribution in [0.25, 0.3) is 0 Å². The highest BCUT2D eigenvalue weighted by atomic mass is 32.2. The predicted octanol–water partition coefficient (Wildman–Crippen LogP) is 4.92. The number of unbranched alkanes of at least 4 members (excludes halogenated alkanes) is 1. The first kappa shape index (κ1) is 30.7. The number of amides is 2. The standard InChI is InChI=1S/C31H39N3O5S/c1-5-7-21-32-31(36)25(4)33(22-26-16-12-11-15-24(26)3)30(35)23-34(28-19-13-14-20-29(28)39-6-2)40(37,38)27-17-9-8-10-18-27/h8-20,25H,5-7,21-23H2,1-4H3,(H,32,36). The van der Waals surface area contributed by atoms with Crippen LogP contribution in [0.1, 0.15) is 44.7 Å². The SMILES string of the molecule is CCCCNC(=O)C(C)N(Cc1ccccc1C)C(=O)CN(c1ccccc1OCC)S(=O)(=O)c1ccccc1. The predicted molar refractivity (Wildman–Crippen MR) is 158 cm³/mol. The summed E-state index contributed by atoms with van der Waals surface area (Å²) in [7, 11) is -4.16. The summed E-state index contributed by atoms with van der Waals surface area (Å²) in [6, 6.07) is 21.5. The Balaban J connectivity index is 2.05. The Hall–Kier alpha value is -3.85. The zero-order chi connectivity index (χ0) is 29.1. The number of anilines is 1. The minimum Gasteiger partial charge on any atom is -0.492 e. The Bertz CT molecular complexity index is 1380. The fourth-order valence-corrected chi connectivity index (χ4v) is 5.71. The van der Waals surface area contributed by atoms with Gasteiger partial charge in [-0.05, 0) is 62.6 Å². The molecular weight excluding hydrogens is 526 g/mol. The van der Waals surface area contributed by atoms with Crippen molar-refractivity contribution in [2.24, 2.45) is 0 Å². The lowest BCUT2D eigenvalue weighted by Gasteiger charge is -2.32. The van der Waals surface area contributed by atoms with Crippen LogP contribution in [0.4, 0.5) is 5.69 Å². The number of para-hydroxylation sites is 2. The third kappa shape index (κ3) is 7.63. The number of rotatable bonds is 14. The molecule has 8 nitrogen and oxygen atoms in total. The van der Waals surface area contributed by atoms with E-state index in [9.17, 15) is 18.0 Å². The highest BCUT2D eigenvalue weighted by Crippen LogP contribution is 2.33. The van der Waals surface area contributed by atoms with Crippen LogP contribution >= 0.6 is 0 Å². The maximum absolute atomic E-state index is 14.1. The second-order valence-corrected chi connectivity index (χ2v) is 11.4. The van der Waals surface area contributed by atoms with Crippen molar-refractivity contribution < 1.29 is 22.7 Å². The van der Waals surface area contributed by atoms with Gasteiger partial charge >= 0.3 is 0 Å². The van der Waals surface area contributed by atoms with E-state index in [0.29, 0.717) is 18.9 Å². The molecule has 3 rings (SSSR count). The molecule has 0 saturated heterocycles. The molecule has 2 amide bonds. The Morgan fingerprint density at radius 1 is 0.925 bits per heavy atom. The lowest BCUT2D eigenvalue weighted by Crippen LogP contribution is -2.51. The number of ether oxygens (including phenoxy) is 1. The summed E-state index contributed by atoms with van der Waals surface area (Å²) in [5.74, 6) is -0.456. The van der Waals surface area contributed by atoms with Crippen molar-refractivity contribution in [2.75, 3.05) is 24.0 Å². The van der Waals surface area contributed by atoms with Gasteiger partial charge in [0.1, 0.15) is 18.3 Å². The van der Waals surface area contributed by atoms with Crippen molar-refractivity contribution in [3.8, 4) is 5.75 Å². The van der Waals surface area contributed by atoms with Gasteiger partial charge < -0.3 is 15.0 Å². The number of nitrogens with zero attached hydrogens (tertiary/aromatic N) is 2. The van der Waals surface area contributed by atoms with Crippen molar-refractivity contribution in [3.05, 3.63) is 90.0 Å². The Kier molecular flexibility index (Phi) is 11.1. The van der Waals surface area contributed by atoms with Gasteiger partial charge in [-0.25, -0.2) is 8.42 Å². The summed E-state index contributed by atoms with van der Waals surface area (Å²) in [6.07, 6.45) is 1.74. The van der Waals surface area contributed by atoms with Crippen molar-refractivity contribution in [2.45, 2.75) is 58.0 Å². The van der Waals surface area contributed by atoms with Gasteiger partial charge in [0.15, 0.2) is 0 Å². The fourth-order valence-electron chi connectivity index (χ4n) is 4.26. The van der Waals surface area contributed by atoms with Crippen molar-refractivity contribution in [1.29, 1.82) is 0 Å². The van der Waals surface area contributed by atoms with E-state index >= 15 is 0 Å². The molecule has 0 heterocycles. The van der Waals surface area contributed by atoms with Crippen molar-refractivity contribution >= 4 is 27.5 Å². The third-order valence-electron chi connectivity index (χ3n) is 6.64. The molecule has 1 unspecified atom stereocenters. The fraction of sp³-hybridized carbons (Fsp3) is 0.355. The first-order valence-corrected chi connectivity index (χ1v) is 15.1. The van der Waals surface area contributed by atoms with Gasteiger partial charge in [0.2, 0.25) is 11.8 Å². The van der Waals surface area contributed by atoms with Crippen LogP contribution in [-0.2, 0) is 26.2 Å². The monoisotopic (exact) mass is 565 g/mol. The Morgan fingerprint density at radius 3 is 2.25 bits per heavy atom. The van der Waals surface area contributed by atoms with E-state index in [1.165, 1.54) is 17.0 Å².